The lowest BCUT2D eigenvalue weighted by molar-refractivity contribution is -0.128. The molecule has 2 aliphatic rings. The highest BCUT2D eigenvalue weighted by Crippen LogP contribution is 2.33. The van der Waals surface area contributed by atoms with Gasteiger partial charge in [0.15, 0.2) is 9.84 Å². The van der Waals surface area contributed by atoms with Crippen LogP contribution in [0.5, 0.6) is 0 Å². The van der Waals surface area contributed by atoms with Gasteiger partial charge in [-0.2, -0.15) is 0 Å². The first-order chi connectivity index (χ1) is 12.2. The quantitative estimate of drug-likeness (QED) is 0.583. The van der Waals surface area contributed by atoms with Crippen molar-refractivity contribution in [2.45, 2.75) is 6.04 Å². The lowest BCUT2D eigenvalue weighted by atomic mass is 10.2. The molecule has 2 aliphatic heterocycles. The Bertz CT molecular complexity index is 956. The number of nitrogens with one attached hydrogen (secondary N) is 1. The van der Waals surface area contributed by atoms with Crippen molar-refractivity contribution in [1.82, 2.24) is 10.2 Å². The van der Waals surface area contributed by atoms with E-state index >= 15 is 0 Å². The number of sulfone groups is 1. The van der Waals surface area contributed by atoms with E-state index in [4.69, 9.17) is 23.8 Å². The molecule has 1 fully saturated rings. The van der Waals surface area contributed by atoms with Crippen molar-refractivity contribution in [3.05, 3.63) is 51.2 Å². The molecule has 2 amide bonds. The molecule has 10 heteroatoms. The molecule has 1 aromatic carbocycles. The zero-order chi connectivity index (χ0) is 18.9. The molecule has 26 heavy (non-hydrogen) atoms. The average Bonchev–Trinajstić information content (AvgIpc) is 3.03. The van der Waals surface area contributed by atoms with Crippen LogP contribution in [0.3, 0.4) is 0 Å². The maximum absolute atomic E-state index is 12.5. The zero-order valence-electron chi connectivity index (χ0n) is 13.2. The summed E-state index contributed by atoms with van der Waals surface area (Å²) in [5.41, 5.74) is 0.681. The Morgan fingerprint density at radius 1 is 1.42 bits per heavy atom. The molecular weight excluding hydrogens is 416 g/mol. The van der Waals surface area contributed by atoms with Gasteiger partial charge in [-0.25, -0.2) is 8.42 Å². The Balaban J connectivity index is 1.67. The van der Waals surface area contributed by atoms with E-state index in [1.54, 1.807) is 30.3 Å². The molecule has 0 radical (unpaired) electrons. The molecule has 136 valence electrons. The minimum absolute atomic E-state index is 0.177. The summed E-state index contributed by atoms with van der Waals surface area (Å²) >= 11 is 12.4. The number of nitrogens with zero attached hydrogens (tertiary/aromatic N) is 1. The molecule has 0 aliphatic carbocycles. The van der Waals surface area contributed by atoms with Crippen molar-refractivity contribution in [2.24, 2.45) is 0 Å². The van der Waals surface area contributed by atoms with Crippen LogP contribution in [0.4, 0.5) is 0 Å². The van der Waals surface area contributed by atoms with Crippen LogP contribution in [0.15, 0.2) is 40.7 Å². The topological polar surface area (TPSA) is 83.6 Å². The van der Waals surface area contributed by atoms with Crippen LogP contribution in [0, 0.1) is 0 Å². The van der Waals surface area contributed by atoms with E-state index in [1.165, 1.54) is 11.0 Å². The lowest BCUT2D eigenvalue weighted by Gasteiger charge is -2.16. The van der Waals surface area contributed by atoms with E-state index in [9.17, 15) is 18.0 Å². The third-order valence-electron chi connectivity index (χ3n) is 3.64. The molecule has 0 spiro atoms. The van der Waals surface area contributed by atoms with Crippen molar-refractivity contribution in [3.8, 4) is 0 Å². The number of carbonyl (C=O) groups is 2. The summed E-state index contributed by atoms with van der Waals surface area (Å²) in [6.07, 6.45) is 3.04. The minimum Gasteiger partial charge on any atom is -0.347 e. The molecule has 0 saturated carbocycles. The number of hydrogen-bond acceptors (Lipinski definition) is 6. The number of thioether (sulfide) groups is 1. The molecule has 0 unspecified atom stereocenters. The predicted molar refractivity (Wildman–Crippen MR) is 106 cm³/mol. The first kappa shape index (κ1) is 19.1. The SMILES string of the molecule is O=C(CN1C(=O)/C(=C/c2ccccc2Cl)SC1=S)N[C@H]1C=CS(=O)(=O)C1. The molecule has 1 N–H and O–H groups in total. The van der Waals surface area contributed by atoms with Crippen molar-refractivity contribution in [2.75, 3.05) is 12.3 Å². The summed E-state index contributed by atoms with van der Waals surface area (Å²) in [5.74, 6) is -1.04. The number of thiocarbonyl (C=S) groups is 1. The van der Waals surface area contributed by atoms with Crippen LogP contribution in [-0.4, -0.2) is 47.8 Å². The summed E-state index contributed by atoms with van der Waals surface area (Å²) < 4.78 is 23.0. The average molecular weight is 429 g/mol. The highest BCUT2D eigenvalue weighted by atomic mass is 35.5. The maximum Gasteiger partial charge on any atom is 0.266 e. The largest absolute Gasteiger partial charge is 0.347 e. The van der Waals surface area contributed by atoms with Crippen molar-refractivity contribution >= 4 is 67.6 Å². The number of benzene rings is 1. The molecule has 3 rings (SSSR count). The third-order valence-corrected chi connectivity index (χ3v) is 6.76. The molecule has 6 nitrogen and oxygen atoms in total. The van der Waals surface area contributed by atoms with Crippen molar-refractivity contribution in [3.63, 3.8) is 0 Å². The second kappa shape index (κ2) is 7.51. The van der Waals surface area contributed by atoms with E-state index in [0.717, 1.165) is 17.2 Å². The fourth-order valence-electron chi connectivity index (χ4n) is 2.43. The van der Waals surface area contributed by atoms with Crippen LogP contribution >= 0.6 is 35.6 Å². The van der Waals surface area contributed by atoms with Crippen LogP contribution in [-0.2, 0) is 19.4 Å². The van der Waals surface area contributed by atoms with E-state index in [1.807, 2.05) is 0 Å². The van der Waals surface area contributed by atoms with Gasteiger partial charge in [-0.15, -0.1) is 0 Å². The Kier molecular flexibility index (Phi) is 5.52. The Morgan fingerprint density at radius 2 is 2.15 bits per heavy atom. The van der Waals surface area contributed by atoms with Gasteiger partial charge in [0.2, 0.25) is 5.91 Å². The Labute approximate surface area is 165 Å². The third kappa shape index (κ3) is 4.35. The van der Waals surface area contributed by atoms with Gasteiger partial charge in [-0.05, 0) is 23.8 Å². The van der Waals surface area contributed by atoms with E-state index in [-0.39, 0.29) is 22.5 Å². The lowest BCUT2D eigenvalue weighted by Crippen LogP contribution is -2.43. The monoisotopic (exact) mass is 428 g/mol. The summed E-state index contributed by atoms with van der Waals surface area (Å²) in [7, 11) is -3.26. The van der Waals surface area contributed by atoms with Gasteiger partial charge in [0.25, 0.3) is 5.91 Å². The van der Waals surface area contributed by atoms with Crippen LogP contribution in [0.2, 0.25) is 5.02 Å². The van der Waals surface area contributed by atoms with Gasteiger partial charge in [-0.1, -0.05) is 53.8 Å². The van der Waals surface area contributed by atoms with E-state index in [0.29, 0.717) is 15.5 Å². The second-order valence-electron chi connectivity index (χ2n) is 5.62. The standard InChI is InChI=1S/C16H13ClN2O4S3/c17-12-4-2-1-3-10(12)7-13-15(21)19(16(24)25-13)8-14(20)18-11-5-6-26(22,23)9-11/h1-7,11H,8-9H2,(H,18,20)/b13-7-/t11-/m0/s1. The molecule has 1 saturated heterocycles. The molecule has 0 aromatic heterocycles. The van der Waals surface area contributed by atoms with E-state index in [2.05, 4.69) is 5.32 Å². The highest BCUT2D eigenvalue weighted by molar-refractivity contribution is 8.26. The fourth-order valence-corrected chi connectivity index (χ4v) is 5.10. The van der Waals surface area contributed by atoms with Crippen LogP contribution < -0.4 is 5.32 Å². The van der Waals surface area contributed by atoms with Gasteiger partial charge in [0, 0.05) is 10.4 Å². The second-order valence-corrected chi connectivity index (χ2v) is 9.64. The van der Waals surface area contributed by atoms with Gasteiger partial charge in [-0.3, -0.25) is 14.5 Å². The summed E-state index contributed by atoms with van der Waals surface area (Å²) in [6.45, 7) is -0.269. The summed E-state index contributed by atoms with van der Waals surface area (Å²) in [5, 5.41) is 4.15. The van der Waals surface area contributed by atoms with Crippen LogP contribution in [0.1, 0.15) is 5.56 Å². The van der Waals surface area contributed by atoms with Gasteiger partial charge in [0.05, 0.1) is 16.7 Å². The predicted octanol–water partition coefficient (Wildman–Crippen LogP) is 1.97. The fraction of sp³-hybridized carbons (Fsp3) is 0.188. The number of carbonyl (C=O) groups excluding carboxylic acids is 2. The zero-order valence-corrected chi connectivity index (χ0v) is 16.4. The van der Waals surface area contributed by atoms with E-state index < -0.39 is 21.8 Å². The summed E-state index contributed by atoms with van der Waals surface area (Å²) in [6, 6.07) is 6.48. The highest BCUT2D eigenvalue weighted by Gasteiger charge is 2.34. The normalized spacial score (nSPS) is 23.0. The van der Waals surface area contributed by atoms with Gasteiger partial charge >= 0.3 is 0 Å². The first-order valence-electron chi connectivity index (χ1n) is 7.45. The van der Waals surface area contributed by atoms with Crippen molar-refractivity contribution < 1.29 is 18.0 Å². The summed E-state index contributed by atoms with van der Waals surface area (Å²) in [4.78, 5) is 26.2. The maximum atomic E-state index is 12.5. The molecule has 1 atom stereocenters. The van der Waals surface area contributed by atoms with Crippen molar-refractivity contribution in [1.29, 1.82) is 0 Å². The van der Waals surface area contributed by atoms with Gasteiger partial charge in [0.1, 0.15) is 10.9 Å². The Hall–Kier alpha value is -1.68. The van der Waals surface area contributed by atoms with Crippen LogP contribution in [0.25, 0.3) is 6.08 Å². The Morgan fingerprint density at radius 3 is 2.81 bits per heavy atom. The number of amides is 2. The number of halogens is 1. The molecular formula is C16H13ClN2O4S3. The smallest absolute Gasteiger partial charge is 0.266 e. The van der Waals surface area contributed by atoms with Gasteiger partial charge < -0.3 is 5.32 Å². The molecule has 0 bridgehead atoms. The molecule has 1 aromatic rings. The first-order valence-corrected chi connectivity index (χ1v) is 10.8. The number of hydrogen-bond donors (Lipinski definition) is 1. The number of rotatable bonds is 4. The minimum atomic E-state index is -3.26. The molecule has 2 heterocycles.